The Morgan fingerprint density at radius 3 is 2.38 bits per heavy atom. The van der Waals surface area contributed by atoms with Gasteiger partial charge >= 0.3 is 18.4 Å². The van der Waals surface area contributed by atoms with Crippen LogP contribution in [0.25, 0.3) is 0 Å². The number of carbonyl (C=O) groups excluding carboxylic acids is 2. The van der Waals surface area contributed by atoms with Gasteiger partial charge in [-0.3, -0.25) is 14.4 Å². The molecule has 0 aromatic rings. The first-order valence-corrected chi connectivity index (χ1v) is 3.45. The quantitative estimate of drug-likeness (QED) is 0.338. The fourth-order valence-electron chi connectivity index (χ4n) is 0.795. The van der Waals surface area contributed by atoms with E-state index in [0.717, 1.165) is 0 Å². The Morgan fingerprint density at radius 1 is 1.46 bits per heavy atom. The molecule has 6 nitrogen and oxygen atoms in total. The Morgan fingerprint density at radius 2 is 2.00 bits per heavy atom. The van der Waals surface area contributed by atoms with Crippen molar-refractivity contribution in [2.75, 3.05) is 0 Å². The monoisotopic (exact) mass is 190 g/mol. The lowest BCUT2D eigenvalue weighted by atomic mass is 9.98. The number of rotatable bonds is 5. The maximum Gasteiger partial charge on any atom is 0.316 e. The van der Waals surface area contributed by atoms with E-state index in [4.69, 9.17) is 5.11 Å². The van der Waals surface area contributed by atoms with Gasteiger partial charge in [-0.15, -0.1) is 0 Å². The van der Waals surface area contributed by atoms with Crippen molar-refractivity contribution < 1.29 is 29.3 Å². The van der Waals surface area contributed by atoms with Crippen LogP contribution in [0.3, 0.4) is 0 Å². The molecule has 0 saturated carbocycles. The van der Waals surface area contributed by atoms with Crippen LogP contribution in [0.2, 0.25) is 0 Å². The molecule has 0 saturated heterocycles. The van der Waals surface area contributed by atoms with E-state index in [1.807, 2.05) is 0 Å². The summed E-state index contributed by atoms with van der Waals surface area (Å²) in [6.45, 7) is 1.10. The Bertz CT molecular complexity index is 219. The van der Waals surface area contributed by atoms with E-state index in [1.54, 1.807) is 0 Å². The van der Waals surface area contributed by atoms with E-state index in [9.17, 15) is 19.5 Å². The molecule has 1 unspecified atom stereocenters. The number of carboxylic acids is 1. The van der Waals surface area contributed by atoms with Crippen molar-refractivity contribution in [3.63, 3.8) is 0 Å². The molecule has 0 fully saturated rings. The highest BCUT2D eigenvalue weighted by molar-refractivity contribution is 5.78. The molecule has 0 rings (SSSR count). The molecule has 1 atom stereocenters. The minimum atomic E-state index is -1.69. The second-order valence-electron chi connectivity index (χ2n) is 2.83. The van der Waals surface area contributed by atoms with Crippen molar-refractivity contribution >= 4 is 18.4 Å². The molecule has 0 aromatic carbocycles. The molecular weight excluding hydrogens is 180 g/mol. The molecule has 0 aliphatic rings. The molecule has 6 heteroatoms. The number of aliphatic hydroxyl groups is 1. The second kappa shape index (κ2) is 4.56. The Balaban J connectivity index is 4.07. The van der Waals surface area contributed by atoms with Gasteiger partial charge in [0.25, 0.3) is 0 Å². The lowest BCUT2D eigenvalue weighted by Gasteiger charge is -2.18. The second-order valence-corrected chi connectivity index (χ2v) is 2.83. The zero-order valence-electron chi connectivity index (χ0n) is 7.02. The standard InChI is InChI=1S/C7H10O6/c1-7(12,2-5(9)10)3-6(11)13-4-8/h4,12H,2-3H2,1H3,(H,9,10). The number of carbonyl (C=O) groups is 3. The van der Waals surface area contributed by atoms with Gasteiger partial charge in [0, 0.05) is 0 Å². The number of aliphatic carboxylic acids is 1. The van der Waals surface area contributed by atoms with Crippen molar-refractivity contribution in [1.29, 1.82) is 0 Å². The summed E-state index contributed by atoms with van der Waals surface area (Å²) < 4.78 is 3.89. The highest BCUT2D eigenvalue weighted by atomic mass is 16.6. The van der Waals surface area contributed by atoms with Gasteiger partial charge in [-0.2, -0.15) is 0 Å². The molecular formula is C7H10O6. The average molecular weight is 190 g/mol. The summed E-state index contributed by atoms with van der Waals surface area (Å²) in [5.41, 5.74) is -1.69. The van der Waals surface area contributed by atoms with Crippen LogP contribution in [0.15, 0.2) is 0 Å². The fraction of sp³-hybridized carbons (Fsp3) is 0.571. The number of carboxylic acid groups (broad SMARTS) is 1. The van der Waals surface area contributed by atoms with Crippen LogP contribution in [0, 0.1) is 0 Å². The van der Waals surface area contributed by atoms with E-state index >= 15 is 0 Å². The topological polar surface area (TPSA) is 101 Å². The Hall–Kier alpha value is -1.43. The van der Waals surface area contributed by atoms with Gasteiger partial charge in [0.1, 0.15) is 0 Å². The maximum atomic E-state index is 10.6. The van der Waals surface area contributed by atoms with Crippen LogP contribution in [0.5, 0.6) is 0 Å². The summed E-state index contributed by atoms with van der Waals surface area (Å²) in [6.07, 6.45) is -1.11. The van der Waals surface area contributed by atoms with Crippen molar-refractivity contribution in [3.05, 3.63) is 0 Å². The van der Waals surface area contributed by atoms with E-state index in [-0.39, 0.29) is 6.47 Å². The highest BCUT2D eigenvalue weighted by Gasteiger charge is 2.28. The fourth-order valence-corrected chi connectivity index (χ4v) is 0.795. The molecule has 13 heavy (non-hydrogen) atoms. The molecule has 0 aromatic heterocycles. The van der Waals surface area contributed by atoms with Crippen LogP contribution in [-0.4, -0.2) is 34.2 Å². The number of hydrogen-bond donors (Lipinski definition) is 2. The van der Waals surface area contributed by atoms with Crippen LogP contribution in [0.4, 0.5) is 0 Å². The van der Waals surface area contributed by atoms with Gasteiger partial charge in [-0.1, -0.05) is 0 Å². The number of ether oxygens (including phenoxy) is 1. The van der Waals surface area contributed by atoms with E-state index in [2.05, 4.69) is 4.74 Å². The first kappa shape index (κ1) is 11.6. The lowest BCUT2D eigenvalue weighted by Crippen LogP contribution is -2.31. The molecule has 0 radical (unpaired) electrons. The van der Waals surface area contributed by atoms with Gasteiger partial charge in [0.05, 0.1) is 18.4 Å². The van der Waals surface area contributed by atoms with Crippen LogP contribution in [0.1, 0.15) is 19.8 Å². The largest absolute Gasteiger partial charge is 0.481 e. The van der Waals surface area contributed by atoms with Crippen LogP contribution in [-0.2, 0) is 19.1 Å². The summed E-state index contributed by atoms with van der Waals surface area (Å²) in [5.74, 6) is -2.19. The van der Waals surface area contributed by atoms with E-state index in [1.165, 1.54) is 6.92 Å². The summed E-state index contributed by atoms with van der Waals surface area (Å²) >= 11 is 0. The van der Waals surface area contributed by atoms with Gasteiger partial charge in [0.15, 0.2) is 0 Å². The Kier molecular flexibility index (Phi) is 4.06. The molecule has 0 aliphatic heterocycles. The predicted molar refractivity (Wildman–Crippen MR) is 39.6 cm³/mol. The molecule has 0 aliphatic carbocycles. The zero-order valence-corrected chi connectivity index (χ0v) is 7.02. The molecule has 0 bridgehead atoms. The average Bonchev–Trinajstić information content (AvgIpc) is 1.81. The minimum Gasteiger partial charge on any atom is -0.481 e. The van der Waals surface area contributed by atoms with Crippen molar-refractivity contribution in [2.24, 2.45) is 0 Å². The van der Waals surface area contributed by atoms with Crippen molar-refractivity contribution in [2.45, 2.75) is 25.4 Å². The zero-order chi connectivity index (χ0) is 10.5. The van der Waals surface area contributed by atoms with Crippen molar-refractivity contribution in [3.8, 4) is 0 Å². The van der Waals surface area contributed by atoms with Crippen molar-refractivity contribution in [1.82, 2.24) is 0 Å². The predicted octanol–water partition coefficient (Wildman–Crippen LogP) is -0.698. The summed E-state index contributed by atoms with van der Waals surface area (Å²) in [5, 5.41) is 17.6. The molecule has 0 spiro atoms. The third-order valence-electron chi connectivity index (χ3n) is 1.24. The first-order chi connectivity index (χ1) is 5.87. The van der Waals surface area contributed by atoms with Gasteiger partial charge < -0.3 is 14.9 Å². The van der Waals surface area contributed by atoms with E-state index < -0.39 is 30.4 Å². The highest BCUT2D eigenvalue weighted by Crippen LogP contribution is 2.14. The molecule has 0 amide bonds. The normalized spacial score (nSPS) is 14.3. The van der Waals surface area contributed by atoms with E-state index in [0.29, 0.717) is 0 Å². The molecule has 0 heterocycles. The third kappa shape index (κ3) is 5.80. The Labute approximate surface area is 74.1 Å². The maximum absolute atomic E-state index is 10.6. The first-order valence-electron chi connectivity index (χ1n) is 3.45. The molecule has 2 N–H and O–H groups in total. The van der Waals surface area contributed by atoms with Gasteiger partial charge in [0.2, 0.25) is 0 Å². The third-order valence-corrected chi connectivity index (χ3v) is 1.24. The smallest absolute Gasteiger partial charge is 0.316 e. The van der Waals surface area contributed by atoms with Crippen LogP contribution < -0.4 is 0 Å². The van der Waals surface area contributed by atoms with Gasteiger partial charge in [-0.05, 0) is 6.92 Å². The summed E-state index contributed by atoms with van der Waals surface area (Å²) in [4.78, 5) is 30.5. The van der Waals surface area contributed by atoms with Gasteiger partial charge in [-0.25, -0.2) is 0 Å². The van der Waals surface area contributed by atoms with Crippen LogP contribution >= 0.6 is 0 Å². The summed E-state index contributed by atoms with van der Waals surface area (Å²) in [7, 11) is 0. The summed E-state index contributed by atoms with van der Waals surface area (Å²) in [6, 6.07) is 0. The number of hydrogen-bond acceptors (Lipinski definition) is 5. The number of esters is 1. The lowest BCUT2D eigenvalue weighted by molar-refractivity contribution is -0.155. The minimum absolute atomic E-state index is 0.0703. The SMILES string of the molecule is CC(O)(CC(=O)O)CC(=O)OC=O. The molecule has 74 valence electrons.